The summed E-state index contributed by atoms with van der Waals surface area (Å²) in [6, 6.07) is 0. The molecule has 14 heavy (non-hydrogen) atoms. The van der Waals surface area contributed by atoms with E-state index in [-0.39, 0.29) is 19.7 Å². The monoisotopic (exact) mass is 229 g/mol. The molecule has 3 nitrogen and oxygen atoms in total. The standard InChI is InChI=1S/C9H23N3Si2/c1-10(13-11-6-2-3-7-11)14-12-8-4-5-9-12/h2-9,13-14H2,1H3. The van der Waals surface area contributed by atoms with Crippen molar-refractivity contribution in [2.24, 2.45) is 0 Å². The Balaban J connectivity index is 1.64. The molecule has 0 aliphatic carbocycles. The normalized spacial score (nSPS) is 27.0. The SMILES string of the molecule is CN([SiH2]N1CCCC1)[SiH2]N1CCCC1. The van der Waals surface area contributed by atoms with E-state index < -0.39 is 0 Å². The maximum atomic E-state index is 2.74. The number of nitrogens with zero attached hydrogens (tertiary/aromatic N) is 3. The fourth-order valence-corrected chi connectivity index (χ4v) is 7.46. The fourth-order valence-electron chi connectivity index (χ4n) is 2.58. The first-order valence-electron chi connectivity index (χ1n) is 5.98. The lowest BCUT2D eigenvalue weighted by molar-refractivity contribution is 0.484. The second-order valence-electron chi connectivity index (χ2n) is 4.79. The van der Waals surface area contributed by atoms with Gasteiger partial charge < -0.3 is 13.4 Å². The van der Waals surface area contributed by atoms with Crippen molar-refractivity contribution in [1.82, 2.24) is 13.4 Å². The topological polar surface area (TPSA) is 9.72 Å². The van der Waals surface area contributed by atoms with Gasteiger partial charge in [0.05, 0.1) is 0 Å². The molecule has 0 N–H and O–H groups in total. The van der Waals surface area contributed by atoms with Gasteiger partial charge in [-0.3, -0.25) is 0 Å². The van der Waals surface area contributed by atoms with Crippen molar-refractivity contribution in [2.75, 3.05) is 33.2 Å². The van der Waals surface area contributed by atoms with Gasteiger partial charge in [0.1, 0.15) is 0 Å². The molecule has 0 aromatic heterocycles. The van der Waals surface area contributed by atoms with Gasteiger partial charge in [-0.15, -0.1) is 0 Å². The molecule has 0 aromatic rings. The minimum atomic E-state index is -0.0348. The van der Waals surface area contributed by atoms with Crippen LogP contribution in [0.5, 0.6) is 0 Å². The zero-order valence-electron chi connectivity index (χ0n) is 9.41. The van der Waals surface area contributed by atoms with Gasteiger partial charge in [0.15, 0.2) is 19.7 Å². The molecule has 0 unspecified atom stereocenters. The lowest BCUT2D eigenvalue weighted by Crippen LogP contribution is -2.45. The molecule has 82 valence electrons. The van der Waals surface area contributed by atoms with E-state index in [0.29, 0.717) is 0 Å². The maximum Gasteiger partial charge on any atom is 0.166 e. The highest BCUT2D eigenvalue weighted by Gasteiger charge is 2.17. The van der Waals surface area contributed by atoms with Crippen LogP contribution in [0.15, 0.2) is 0 Å². The number of hydrogen-bond donors (Lipinski definition) is 0. The first-order valence-corrected chi connectivity index (χ1v) is 8.51. The summed E-state index contributed by atoms with van der Waals surface area (Å²) in [7, 11) is 2.30. The molecule has 0 amide bonds. The van der Waals surface area contributed by atoms with Gasteiger partial charge in [-0.1, -0.05) is 0 Å². The lowest BCUT2D eigenvalue weighted by Gasteiger charge is -2.26. The smallest absolute Gasteiger partial charge is 0.166 e. The van der Waals surface area contributed by atoms with Gasteiger partial charge in [-0.05, 0) is 58.9 Å². The minimum absolute atomic E-state index is 0.0348. The van der Waals surface area contributed by atoms with Gasteiger partial charge in [0.25, 0.3) is 0 Å². The summed E-state index contributed by atoms with van der Waals surface area (Å²) in [5.41, 5.74) is 0. The van der Waals surface area contributed by atoms with Crippen LogP contribution in [0.2, 0.25) is 0 Å². The van der Waals surface area contributed by atoms with E-state index in [2.05, 4.69) is 20.4 Å². The van der Waals surface area contributed by atoms with Crippen molar-refractivity contribution >= 4 is 19.7 Å². The molecule has 2 aliphatic heterocycles. The van der Waals surface area contributed by atoms with Crippen LogP contribution < -0.4 is 0 Å². The van der Waals surface area contributed by atoms with E-state index in [1.54, 1.807) is 0 Å². The van der Waals surface area contributed by atoms with Gasteiger partial charge >= 0.3 is 0 Å². The van der Waals surface area contributed by atoms with E-state index in [4.69, 9.17) is 0 Å². The molecule has 0 spiro atoms. The van der Waals surface area contributed by atoms with Crippen molar-refractivity contribution in [1.29, 1.82) is 0 Å². The Bertz CT molecular complexity index is 149. The Morgan fingerprint density at radius 1 is 0.786 bits per heavy atom. The van der Waals surface area contributed by atoms with E-state index in [9.17, 15) is 0 Å². The summed E-state index contributed by atoms with van der Waals surface area (Å²) in [6.07, 6.45) is 5.80. The molecule has 0 atom stereocenters. The molecule has 5 heteroatoms. The van der Waals surface area contributed by atoms with Crippen LogP contribution in [0.25, 0.3) is 0 Å². The summed E-state index contributed by atoms with van der Waals surface area (Å²) in [4.78, 5) is 0. The Morgan fingerprint density at radius 3 is 1.50 bits per heavy atom. The largest absolute Gasteiger partial charge is 0.334 e. The van der Waals surface area contributed by atoms with Crippen molar-refractivity contribution in [3.8, 4) is 0 Å². The second-order valence-corrected chi connectivity index (χ2v) is 10.2. The van der Waals surface area contributed by atoms with Crippen LogP contribution in [0.3, 0.4) is 0 Å². The van der Waals surface area contributed by atoms with E-state index in [1.165, 1.54) is 51.9 Å². The number of rotatable bonds is 4. The van der Waals surface area contributed by atoms with Crippen LogP contribution in [0, 0.1) is 0 Å². The Labute approximate surface area is 92.4 Å². The van der Waals surface area contributed by atoms with Crippen LogP contribution in [-0.2, 0) is 0 Å². The lowest BCUT2D eigenvalue weighted by atomic mass is 10.4. The van der Waals surface area contributed by atoms with Crippen molar-refractivity contribution < 1.29 is 0 Å². The van der Waals surface area contributed by atoms with Gasteiger partial charge in [0.2, 0.25) is 0 Å². The minimum Gasteiger partial charge on any atom is -0.334 e. The predicted molar refractivity (Wildman–Crippen MR) is 66.5 cm³/mol. The van der Waals surface area contributed by atoms with Crippen LogP contribution in [-0.4, -0.2) is 66.3 Å². The Hall–Kier alpha value is 0.314. The zero-order valence-corrected chi connectivity index (χ0v) is 12.2. The van der Waals surface area contributed by atoms with E-state index in [1.807, 2.05) is 0 Å². The molecule has 0 saturated carbocycles. The summed E-state index contributed by atoms with van der Waals surface area (Å²) < 4.78 is 8.21. The third-order valence-corrected chi connectivity index (χ3v) is 7.51. The third kappa shape index (κ3) is 3.17. The van der Waals surface area contributed by atoms with Gasteiger partial charge in [-0.2, -0.15) is 0 Å². The summed E-state index contributed by atoms with van der Waals surface area (Å²) in [6.45, 7) is 5.58. The number of hydrogen-bond acceptors (Lipinski definition) is 3. The zero-order chi connectivity index (χ0) is 9.80. The maximum absolute atomic E-state index is 2.74. The molecule has 0 bridgehead atoms. The molecule has 0 radical (unpaired) electrons. The quantitative estimate of drug-likeness (QED) is 0.579. The van der Waals surface area contributed by atoms with E-state index in [0.717, 1.165) is 0 Å². The molecule has 2 aliphatic rings. The fraction of sp³-hybridized carbons (Fsp3) is 1.00. The van der Waals surface area contributed by atoms with Gasteiger partial charge in [0, 0.05) is 0 Å². The first kappa shape index (κ1) is 10.8. The van der Waals surface area contributed by atoms with Gasteiger partial charge in [-0.25, -0.2) is 0 Å². The second kappa shape index (κ2) is 5.41. The highest BCUT2D eigenvalue weighted by atomic mass is 28.3. The highest BCUT2D eigenvalue weighted by molar-refractivity contribution is 6.46. The molecular formula is C9H23N3Si2. The molecule has 0 aromatic carbocycles. The Kier molecular flexibility index (Phi) is 4.18. The van der Waals surface area contributed by atoms with Crippen molar-refractivity contribution in [3.63, 3.8) is 0 Å². The average molecular weight is 229 g/mol. The molecule has 2 saturated heterocycles. The summed E-state index contributed by atoms with van der Waals surface area (Å²) in [5.74, 6) is 0. The van der Waals surface area contributed by atoms with Crippen LogP contribution in [0.4, 0.5) is 0 Å². The van der Waals surface area contributed by atoms with Crippen molar-refractivity contribution in [2.45, 2.75) is 25.7 Å². The average Bonchev–Trinajstić information content (AvgIpc) is 2.76. The molecule has 2 fully saturated rings. The summed E-state index contributed by atoms with van der Waals surface area (Å²) >= 11 is 0. The van der Waals surface area contributed by atoms with E-state index >= 15 is 0 Å². The first-order chi connectivity index (χ1) is 6.84. The van der Waals surface area contributed by atoms with Crippen LogP contribution >= 0.6 is 0 Å². The highest BCUT2D eigenvalue weighted by Crippen LogP contribution is 2.08. The molecule has 2 heterocycles. The van der Waals surface area contributed by atoms with Crippen molar-refractivity contribution in [3.05, 3.63) is 0 Å². The third-order valence-electron chi connectivity index (χ3n) is 3.28. The molecule has 2 rings (SSSR count). The summed E-state index contributed by atoms with van der Waals surface area (Å²) in [5, 5.41) is 0. The molecular weight excluding hydrogens is 206 g/mol. The van der Waals surface area contributed by atoms with Crippen LogP contribution in [0.1, 0.15) is 25.7 Å². The predicted octanol–water partition coefficient (Wildman–Crippen LogP) is -0.893. The Morgan fingerprint density at radius 2 is 1.14 bits per heavy atom.